The van der Waals surface area contributed by atoms with E-state index in [-0.39, 0.29) is 6.10 Å². The molecule has 3 heteroatoms. The van der Waals surface area contributed by atoms with Crippen LogP contribution in [0.4, 0.5) is 5.69 Å². The number of anilines is 1. The fourth-order valence-corrected chi connectivity index (χ4v) is 2.03. The second-order valence-electron chi connectivity index (χ2n) is 4.96. The van der Waals surface area contributed by atoms with Gasteiger partial charge in [0.2, 0.25) is 0 Å². The quantitative estimate of drug-likeness (QED) is 0.779. The topological polar surface area (TPSA) is 35.5 Å². The largest absolute Gasteiger partial charge is 0.393 e. The van der Waals surface area contributed by atoms with Crippen molar-refractivity contribution in [3.05, 3.63) is 29.3 Å². The van der Waals surface area contributed by atoms with E-state index >= 15 is 0 Å². The van der Waals surface area contributed by atoms with Crippen LogP contribution >= 0.6 is 0 Å². The van der Waals surface area contributed by atoms with Crippen molar-refractivity contribution in [3.8, 4) is 0 Å². The zero-order valence-electron chi connectivity index (χ0n) is 12.0. The molecule has 1 rings (SSSR count). The molecule has 0 saturated carbocycles. The van der Waals surface area contributed by atoms with Crippen LogP contribution < -0.4 is 10.2 Å². The van der Waals surface area contributed by atoms with Crippen molar-refractivity contribution in [1.82, 2.24) is 5.32 Å². The highest BCUT2D eigenvalue weighted by Gasteiger charge is 2.06. The van der Waals surface area contributed by atoms with Gasteiger partial charge in [0.05, 0.1) is 6.10 Å². The van der Waals surface area contributed by atoms with E-state index in [1.165, 1.54) is 16.8 Å². The third-order valence-corrected chi connectivity index (χ3v) is 3.13. The van der Waals surface area contributed by atoms with Gasteiger partial charge < -0.3 is 15.3 Å². The first-order chi connectivity index (χ1) is 8.54. The Morgan fingerprint density at radius 3 is 2.67 bits per heavy atom. The van der Waals surface area contributed by atoms with Gasteiger partial charge in [-0.15, -0.1) is 0 Å². The lowest BCUT2D eigenvalue weighted by Gasteiger charge is -2.22. The van der Waals surface area contributed by atoms with Crippen molar-refractivity contribution in [1.29, 1.82) is 0 Å². The van der Waals surface area contributed by atoms with Gasteiger partial charge in [-0.3, -0.25) is 0 Å². The summed E-state index contributed by atoms with van der Waals surface area (Å²) in [4.78, 5) is 2.21. The minimum Gasteiger partial charge on any atom is -0.393 e. The van der Waals surface area contributed by atoms with Crippen LogP contribution in [-0.4, -0.2) is 31.3 Å². The maximum atomic E-state index is 9.32. The van der Waals surface area contributed by atoms with E-state index < -0.39 is 0 Å². The number of aryl methyl sites for hydroxylation is 1. The molecule has 0 radical (unpaired) electrons. The second kappa shape index (κ2) is 7.39. The summed E-state index contributed by atoms with van der Waals surface area (Å²) in [5, 5.41) is 12.7. The Balaban J connectivity index is 2.66. The molecule has 0 heterocycles. The number of aliphatic hydroxyl groups is 1. The Morgan fingerprint density at radius 1 is 1.39 bits per heavy atom. The van der Waals surface area contributed by atoms with Crippen LogP contribution in [0.5, 0.6) is 0 Å². The molecule has 0 fully saturated rings. The molecule has 102 valence electrons. The van der Waals surface area contributed by atoms with Crippen LogP contribution in [0.25, 0.3) is 0 Å². The molecule has 18 heavy (non-hydrogen) atoms. The first-order valence-corrected chi connectivity index (χ1v) is 6.74. The normalized spacial score (nSPS) is 12.5. The molecular formula is C15H26N2O. The summed E-state index contributed by atoms with van der Waals surface area (Å²) in [6.07, 6.45) is 0.565. The van der Waals surface area contributed by atoms with Crippen molar-refractivity contribution in [3.63, 3.8) is 0 Å². The average molecular weight is 250 g/mol. The summed E-state index contributed by atoms with van der Waals surface area (Å²) in [5.41, 5.74) is 3.86. The molecular weight excluding hydrogens is 224 g/mol. The molecule has 0 aliphatic carbocycles. The number of hydrogen-bond donors (Lipinski definition) is 2. The molecule has 0 bridgehead atoms. The first kappa shape index (κ1) is 15.0. The van der Waals surface area contributed by atoms with Crippen molar-refractivity contribution >= 4 is 5.69 Å². The van der Waals surface area contributed by atoms with Crippen molar-refractivity contribution < 1.29 is 5.11 Å². The zero-order valence-corrected chi connectivity index (χ0v) is 12.0. The standard InChI is InChI=1S/C15H26N2O/c1-5-16-11-14-6-7-15(12(2)10-14)17(4)9-8-13(3)18/h6-7,10,13,16,18H,5,8-9,11H2,1-4H3. The molecule has 0 amide bonds. The average Bonchev–Trinajstić information content (AvgIpc) is 2.33. The van der Waals surface area contributed by atoms with E-state index in [1.54, 1.807) is 0 Å². The van der Waals surface area contributed by atoms with Gasteiger partial charge in [0.15, 0.2) is 0 Å². The van der Waals surface area contributed by atoms with Crippen LogP contribution in [0, 0.1) is 6.92 Å². The van der Waals surface area contributed by atoms with Crippen LogP contribution in [0.1, 0.15) is 31.4 Å². The van der Waals surface area contributed by atoms with Crippen molar-refractivity contribution in [2.45, 2.75) is 39.8 Å². The zero-order chi connectivity index (χ0) is 13.5. The van der Waals surface area contributed by atoms with Gasteiger partial charge in [0.1, 0.15) is 0 Å². The van der Waals surface area contributed by atoms with Crippen LogP contribution in [-0.2, 0) is 6.54 Å². The summed E-state index contributed by atoms with van der Waals surface area (Å²) in [6.45, 7) is 8.89. The van der Waals surface area contributed by atoms with E-state index in [9.17, 15) is 5.11 Å². The Bertz CT molecular complexity index is 364. The number of aliphatic hydroxyl groups excluding tert-OH is 1. The molecule has 0 spiro atoms. The van der Waals surface area contributed by atoms with Crippen LogP contribution in [0.15, 0.2) is 18.2 Å². The second-order valence-corrected chi connectivity index (χ2v) is 4.96. The van der Waals surface area contributed by atoms with Crippen LogP contribution in [0.3, 0.4) is 0 Å². The summed E-state index contributed by atoms with van der Waals surface area (Å²) in [6, 6.07) is 6.57. The van der Waals surface area contributed by atoms with Gasteiger partial charge in [-0.25, -0.2) is 0 Å². The molecule has 1 atom stereocenters. The third-order valence-electron chi connectivity index (χ3n) is 3.13. The highest BCUT2D eigenvalue weighted by atomic mass is 16.3. The van der Waals surface area contributed by atoms with Crippen molar-refractivity contribution in [2.24, 2.45) is 0 Å². The summed E-state index contributed by atoms with van der Waals surface area (Å²) < 4.78 is 0. The Labute approximate surface area is 111 Å². The molecule has 3 nitrogen and oxygen atoms in total. The number of benzene rings is 1. The number of rotatable bonds is 7. The molecule has 1 aromatic rings. The molecule has 1 unspecified atom stereocenters. The smallest absolute Gasteiger partial charge is 0.0528 e. The predicted molar refractivity (Wildman–Crippen MR) is 78.1 cm³/mol. The number of nitrogens with zero attached hydrogens (tertiary/aromatic N) is 1. The van der Waals surface area contributed by atoms with Gasteiger partial charge in [0.25, 0.3) is 0 Å². The Morgan fingerprint density at radius 2 is 2.11 bits per heavy atom. The maximum absolute atomic E-state index is 9.32. The molecule has 0 aliphatic heterocycles. The Hall–Kier alpha value is -1.06. The lowest BCUT2D eigenvalue weighted by atomic mass is 10.1. The van der Waals surface area contributed by atoms with E-state index in [0.29, 0.717) is 0 Å². The monoisotopic (exact) mass is 250 g/mol. The molecule has 1 aromatic carbocycles. The van der Waals surface area contributed by atoms with Gasteiger partial charge in [0, 0.05) is 25.8 Å². The van der Waals surface area contributed by atoms with E-state index in [2.05, 4.69) is 49.3 Å². The SMILES string of the molecule is CCNCc1ccc(N(C)CCC(C)O)c(C)c1. The van der Waals surface area contributed by atoms with Gasteiger partial charge >= 0.3 is 0 Å². The number of hydrogen-bond acceptors (Lipinski definition) is 3. The first-order valence-electron chi connectivity index (χ1n) is 6.74. The van der Waals surface area contributed by atoms with Gasteiger partial charge in [-0.2, -0.15) is 0 Å². The lowest BCUT2D eigenvalue weighted by Crippen LogP contribution is -2.22. The minimum absolute atomic E-state index is 0.235. The lowest BCUT2D eigenvalue weighted by molar-refractivity contribution is 0.187. The van der Waals surface area contributed by atoms with Gasteiger partial charge in [-0.05, 0) is 44.0 Å². The fraction of sp³-hybridized carbons (Fsp3) is 0.600. The van der Waals surface area contributed by atoms with Crippen molar-refractivity contribution in [2.75, 3.05) is 25.0 Å². The summed E-state index contributed by atoms with van der Waals surface area (Å²) in [5.74, 6) is 0. The van der Waals surface area contributed by atoms with E-state index in [4.69, 9.17) is 0 Å². The van der Waals surface area contributed by atoms with E-state index in [0.717, 1.165) is 26.1 Å². The van der Waals surface area contributed by atoms with Gasteiger partial charge in [-0.1, -0.05) is 19.1 Å². The number of nitrogens with one attached hydrogen (secondary N) is 1. The maximum Gasteiger partial charge on any atom is 0.0528 e. The van der Waals surface area contributed by atoms with Crippen LogP contribution in [0.2, 0.25) is 0 Å². The Kier molecular flexibility index (Phi) is 6.16. The third kappa shape index (κ3) is 4.67. The predicted octanol–water partition coefficient (Wildman–Crippen LogP) is 2.31. The van der Waals surface area contributed by atoms with E-state index in [1.807, 2.05) is 6.92 Å². The summed E-state index contributed by atoms with van der Waals surface area (Å²) in [7, 11) is 2.08. The highest BCUT2D eigenvalue weighted by Crippen LogP contribution is 2.20. The highest BCUT2D eigenvalue weighted by molar-refractivity contribution is 5.53. The fourth-order valence-electron chi connectivity index (χ4n) is 2.03. The minimum atomic E-state index is -0.235. The molecule has 2 N–H and O–H groups in total. The molecule has 0 saturated heterocycles. The summed E-state index contributed by atoms with van der Waals surface area (Å²) >= 11 is 0. The molecule has 0 aromatic heterocycles. The molecule has 0 aliphatic rings.